The molecule has 0 aromatic heterocycles. The Morgan fingerprint density at radius 3 is 1.71 bits per heavy atom. The fraction of sp³-hybridized carbons (Fsp3) is 0.707. The summed E-state index contributed by atoms with van der Waals surface area (Å²) in [6, 6.07) is 12.8. The van der Waals surface area contributed by atoms with Crippen molar-refractivity contribution in [2.75, 3.05) is 13.7 Å². The van der Waals surface area contributed by atoms with Crippen LogP contribution in [0.2, 0.25) is 98.2 Å². The molecule has 0 radical (unpaired) electrons. The number of hydrogen-bond donors (Lipinski definition) is 1. The molecule has 5 unspecified atom stereocenters. The number of aliphatic hydroxyl groups is 1. The number of rotatable bonds is 19. The SMILES string of the molecule is CCc1ccc(-c2cc(CO)c(COC(C)(C)OC)c(C3(O[Si](C)(C)C)OC(CO[Si](C)(C)C)C(O[Si](C)(C)C)C(O[Si](C)(C)C)C3O[Si](C)(C)C)c2)cc1. The lowest BCUT2D eigenvalue weighted by Gasteiger charge is -2.57. The second-order valence-corrected chi connectivity index (χ2v) is 42.6. The summed E-state index contributed by atoms with van der Waals surface area (Å²) in [5.41, 5.74) is 5.44. The molecule has 1 aliphatic rings. The van der Waals surface area contributed by atoms with E-state index in [1.165, 1.54) is 5.56 Å². The van der Waals surface area contributed by atoms with Gasteiger partial charge < -0.3 is 41.4 Å². The lowest BCUT2D eigenvalue weighted by Crippen LogP contribution is -2.71. The molecule has 0 saturated carbocycles. The standard InChI is InChI=1S/C41H76O9Si5/c1-20-30-21-23-31(24-22-30)32-25-33(27-42)34(28-44-40(2,3)43-4)35(26-32)41(50-55(17,18)19)39(49-54(14,15)16)38(48-53(11,12)13)37(47-52(8,9)10)36(46-41)29-45-51(5,6)7/h21-26,36-39,42H,20,27-29H2,1-19H3. The molecule has 2 aromatic rings. The van der Waals surface area contributed by atoms with Crippen LogP contribution in [0.4, 0.5) is 0 Å². The molecule has 0 bridgehead atoms. The third-order valence-corrected chi connectivity index (χ3v) is 13.8. The maximum absolute atomic E-state index is 11.2. The van der Waals surface area contributed by atoms with Crippen molar-refractivity contribution in [2.45, 2.75) is 175 Å². The molecule has 2 aromatic carbocycles. The van der Waals surface area contributed by atoms with Crippen LogP contribution in [0, 0.1) is 0 Å². The largest absolute Gasteiger partial charge is 0.415 e. The van der Waals surface area contributed by atoms with Crippen LogP contribution in [0.25, 0.3) is 11.1 Å². The summed E-state index contributed by atoms with van der Waals surface area (Å²) in [7, 11) is -9.77. The molecule has 0 spiro atoms. The fourth-order valence-electron chi connectivity index (χ4n) is 6.60. The monoisotopic (exact) mass is 852 g/mol. The Balaban J connectivity index is 2.63. The van der Waals surface area contributed by atoms with Gasteiger partial charge in [-0.15, -0.1) is 0 Å². The third kappa shape index (κ3) is 14.4. The van der Waals surface area contributed by atoms with Crippen molar-refractivity contribution < 1.29 is 41.4 Å². The van der Waals surface area contributed by atoms with Gasteiger partial charge in [0.1, 0.15) is 24.4 Å². The molecule has 1 heterocycles. The van der Waals surface area contributed by atoms with Crippen LogP contribution in [0.3, 0.4) is 0 Å². The summed E-state index contributed by atoms with van der Waals surface area (Å²) >= 11 is 0. The lowest BCUT2D eigenvalue weighted by molar-refractivity contribution is -0.340. The summed E-state index contributed by atoms with van der Waals surface area (Å²) in [5, 5.41) is 11.2. The van der Waals surface area contributed by atoms with Gasteiger partial charge in [0.15, 0.2) is 47.4 Å². The van der Waals surface area contributed by atoms with E-state index in [9.17, 15) is 5.11 Å². The predicted molar refractivity (Wildman–Crippen MR) is 238 cm³/mol. The smallest absolute Gasteiger partial charge is 0.215 e. The molecule has 55 heavy (non-hydrogen) atoms. The van der Waals surface area contributed by atoms with Gasteiger partial charge in [-0.1, -0.05) is 31.2 Å². The zero-order chi connectivity index (χ0) is 42.0. The van der Waals surface area contributed by atoms with E-state index in [-0.39, 0.29) is 13.2 Å². The van der Waals surface area contributed by atoms with Gasteiger partial charge in [-0.2, -0.15) is 0 Å². The van der Waals surface area contributed by atoms with Gasteiger partial charge in [-0.25, -0.2) is 0 Å². The van der Waals surface area contributed by atoms with Crippen LogP contribution in [0.15, 0.2) is 36.4 Å². The van der Waals surface area contributed by atoms with E-state index >= 15 is 0 Å². The van der Waals surface area contributed by atoms with Gasteiger partial charge in [0.2, 0.25) is 5.79 Å². The third-order valence-electron chi connectivity index (χ3n) is 8.93. The summed E-state index contributed by atoms with van der Waals surface area (Å²) in [6.45, 7) is 39.1. The summed E-state index contributed by atoms with van der Waals surface area (Å²) in [4.78, 5) is 0. The number of methoxy groups -OCH3 is 1. The van der Waals surface area contributed by atoms with Crippen LogP contribution >= 0.6 is 0 Å². The highest BCUT2D eigenvalue weighted by atomic mass is 28.4. The minimum atomic E-state index is -2.52. The average Bonchev–Trinajstić information content (AvgIpc) is 3.02. The predicted octanol–water partition coefficient (Wildman–Crippen LogP) is 10.2. The van der Waals surface area contributed by atoms with Crippen molar-refractivity contribution in [1.29, 1.82) is 0 Å². The maximum Gasteiger partial charge on any atom is 0.215 e. The van der Waals surface area contributed by atoms with Crippen LogP contribution in [-0.2, 0) is 61.8 Å². The molecule has 1 N–H and O–H groups in total. The van der Waals surface area contributed by atoms with Crippen molar-refractivity contribution in [3.63, 3.8) is 0 Å². The summed E-state index contributed by atoms with van der Waals surface area (Å²) in [5.74, 6) is -2.40. The van der Waals surface area contributed by atoms with Crippen LogP contribution in [0.5, 0.6) is 0 Å². The van der Waals surface area contributed by atoms with E-state index in [4.69, 9.17) is 36.3 Å². The highest BCUT2D eigenvalue weighted by Crippen LogP contribution is 2.49. The number of aliphatic hydroxyl groups excluding tert-OH is 1. The Kier molecular flexibility index (Phi) is 16.1. The molecule has 0 amide bonds. The first-order chi connectivity index (χ1) is 24.9. The van der Waals surface area contributed by atoms with E-state index in [1.807, 2.05) is 13.8 Å². The summed E-state index contributed by atoms with van der Waals surface area (Å²) in [6.07, 6.45) is -1.40. The number of hydrogen-bond acceptors (Lipinski definition) is 9. The number of benzene rings is 2. The Morgan fingerprint density at radius 1 is 0.709 bits per heavy atom. The molecule has 1 aliphatic heterocycles. The Morgan fingerprint density at radius 2 is 1.25 bits per heavy atom. The minimum Gasteiger partial charge on any atom is -0.415 e. The Hall–Kier alpha value is -0.836. The minimum absolute atomic E-state index is 0.130. The van der Waals surface area contributed by atoms with Gasteiger partial charge in [0.05, 0.1) is 19.8 Å². The number of ether oxygens (including phenoxy) is 3. The molecule has 1 fully saturated rings. The second kappa shape index (κ2) is 18.2. The first-order valence-electron chi connectivity index (χ1n) is 20.0. The van der Waals surface area contributed by atoms with Crippen molar-refractivity contribution in [3.8, 4) is 11.1 Å². The lowest BCUT2D eigenvalue weighted by atomic mass is 9.83. The zero-order valence-corrected chi connectivity index (χ0v) is 42.8. The van der Waals surface area contributed by atoms with Crippen LogP contribution in [0.1, 0.15) is 43.0 Å². The molecule has 3 rings (SSSR count). The van der Waals surface area contributed by atoms with Crippen molar-refractivity contribution in [1.82, 2.24) is 0 Å². The van der Waals surface area contributed by atoms with E-state index < -0.39 is 77.6 Å². The molecular formula is C41H76O9Si5. The maximum atomic E-state index is 11.2. The van der Waals surface area contributed by atoms with Gasteiger partial charge in [-0.05, 0) is 158 Å². The van der Waals surface area contributed by atoms with E-state index in [0.29, 0.717) is 12.2 Å². The molecule has 0 aliphatic carbocycles. The second-order valence-electron chi connectivity index (χ2n) is 20.3. The molecule has 1 saturated heterocycles. The highest BCUT2D eigenvalue weighted by Gasteiger charge is 2.62. The molecule has 14 heteroatoms. The van der Waals surface area contributed by atoms with Crippen molar-refractivity contribution in [3.05, 3.63) is 58.7 Å². The summed E-state index contributed by atoms with van der Waals surface area (Å²) < 4.78 is 56.3. The quantitative estimate of drug-likeness (QED) is 0.110. The van der Waals surface area contributed by atoms with Gasteiger partial charge in [0.25, 0.3) is 0 Å². The topological polar surface area (TPSA) is 94.1 Å². The fourth-order valence-corrected chi connectivity index (χ4v) is 11.7. The Bertz CT molecular complexity index is 1540. The van der Waals surface area contributed by atoms with E-state index in [2.05, 4.69) is 142 Å². The van der Waals surface area contributed by atoms with E-state index in [0.717, 1.165) is 28.7 Å². The highest BCUT2D eigenvalue weighted by molar-refractivity contribution is 6.71. The van der Waals surface area contributed by atoms with Crippen molar-refractivity contribution >= 4 is 41.6 Å². The van der Waals surface area contributed by atoms with E-state index in [1.54, 1.807) is 7.11 Å². The van der Waals surface area contributed by atoms with Crippen LogP contribution in [-0.4, -0.2) is 90.6 Å². The molecular weight excluding hydrogens is 777 g/mol. The first-order valence-corrected chi connectivity index (χ1v) is 37.1. The normalized spacial score (nSPS) is 23.3. The van der Waals surface area contributed by atoms with Gasteiger partial charge in [-0.3, -0.25) is 0 Å². The first kappa shape index (κ1) is 48.5. The molecule has 9 nitrogen and oxygen atoms in total. The van der Waals surface area contributed by atoms with Gasteiger partial charge >= 0.3 is 0 Å². The number of aryl methyl sites for hydroxylation is 1. The van der Waals surface area contributed by atoms with Crippen LogP contribution < -0.4 is 0 Å². The zero-order valence-electron chi connectivity index (χ0n) is 37.8. The molecule has 314 valence electrons. The van der Waals surface area contributed by atoms with Gasteiger partial charge in [0, 0.05) is 12.7 Å². The molecule has 5 atom stereocenters. The Labute approximate surface area is 339 Å². The average molecular weight is 853 g/mol. The van der Waals surface area contributed by atoms with Crippen molar-refractivity contribution in [2.24, 2.45) is 0 Å².